The highest BCUT2D eigenvalue weighted by Gasteiger charge is 2.19. The Kier molecular flexibility index (Phi) is 5.39. The number of ether oxygens (including phenoxy) is 1. The lowest BCUT2D eigenvalue weighted by Crippen LogP contribution is -2.27. The summed E-state index contributed by atoms with van der Waals surface area (Å²) in [6.45, 7) is 4.85. The number of aryl methyl sites for hydroxylation is 1. The third kappa shape index (κ3) is 3.92. The number of benzene rings is 1. The summed E-state index contributed by atoms with van der Waals surface area (Å²) in [7, 11) is 1.71. The largest absolute Gasteiger partial charge is 0.497 e. The fourth-order valence-corrected chi connectivity index (χ4v) is 3.46. The second-order valence-corrected chi connectivity index (χ2v) is 6.24. The first-order valence-corrected chi connectivity index (χ1v) is 7.83. The molecule has 1 heterocycles. The molecule has 0 spiro atoms. The first-order chi connectivity index (χ1) is 8.79. The maximum Gasteiger partial charge on any atom is 0.118 e. The van der Waals surface area contributed by atoms with Crippen LogP contribution in [0, 0.1) is 0 Å². The number of methoxy groups -OCH3 is 1. The number of hydrogen-bond acceptors (Lipinski definition) is 3. The SMILES string of the molecule is COc1ccc(CCCCN2CCSC2C)cc1. The minimum Gasteiger partial charge on any atom is -0.497 e. The van der Waals surface area contributed by atoms with Crippen molar-refractivity contribution in [3.8, 4) is 5.75 Å². The lowest BCUT2D eigenvalue weighted by molar-refractivity contribution is 0.292. The van der Waals surface area contributed by atoms with Gasteiger partial charge >= 0.3 is 0 Å². The molecule has 0 amide bonds. The quantitative estimate of drug-likeness (QED) is 0.731. The van der Waals surface area contributed by atoms with Crippen LogP contribution in [0.1, 0.15) is 25.3 Å². The molecule has 3 heteroatoms. The van der Waals surface area contributed by atoms with Gasteiger partial charge in [0.15, 0.2) is 0 Å². The van der Waals surface area contributed by atoms with Crippen LogP contribution in [-0.4, -0.2) is 36.2 Å². The van der Waals surface area contributed by atoms with Crippen LogP contribution in [0.4, 0.5) is 0 Å². The Hall–Kier alpha value is -0.670. The Morgan fingerprint density at radius 2 is 2.06 bits per heavy atom. The predicted octanol–water partition coefficient (Wildman–Crippen LogP) is 3.41. The van der Waals surface area contributed by atoms with Crippen molar-refractivity contribution in [3.05, 3.63) is 29.8 Å². The van der Waals surface area contributed by atoms with Gasteiger partial charge in [0.1, 0.15) is 5.75 Å². The average molecular weight is 265 g/mol. The van der Waals surface area contributed by atoms with Gasteiger partial charge in [0.2, 0.25) is 0 Å². The molecule has 100 valence electrons. The first-order valence-electron chi connectivity index (χ1n) is 6.78. The number of unbranched alkanes of at least 4 members (excludes halogenated alkanes) is 1. The topological polar surface area (TPSA) is 12.5 Å². The summed E-state index contributed by atoms with van der Waals surface area (Å²) >= 11 is 2.08. The van der Waals surface area contributed by atoms with E-state index in [0.29, 0.717) is 0 Å². The van der Waals surface area contributed by atoms with E-state index >= 15 is 0 Å². The summed E-state index contributed by atoms with van der Waals surface area (Å²) in [5.41, 5.74) is 1.42. The number of thioether (sulfide) groups is 1. The highest BCUT2D eigenvalue weighted by molar-refractivity contribution is 8.00. The summed E-state index contributed by atoms with van der Waals surface area (Å²) in [6.07, 6.45) is 3.76. The molecular formula is C15H23NOS. The average Bonchev–Trinajstić information content (AvgIpc) is 2.81. The molecule has 1 aromatic rings. The van der Waals surface area contributed by atoms with Gasteiger partial charge < -0.3 is 4.74 Å². The van der Waals surface area contributed by atoms with Gasteiger partial charge in [0.25, 0.3) is 0 Å². The van der Waals surface area contributed by atoms with Crippen molar-refractivity contribution in [2.45, 2.75) is 31.6 Å². The Labute approximate surface area is 115 Å². The lowest BCUT2D eigenvalue weighted by Gasteiger charge is -2.19. The zero-order valence-corrected chi connectivity index (χ0v) is 12.2. The Morgan fingerprint density at radius 3 is 2.67 bits per heavy atom. The van der Waals surface area contributed by atoms with Crippen LogP contribution >= 0.6 is 11.8 Å². The Bertz CT molecular complexity index is 352. The minimum absolute atomic E-state index is 0.728. The summed E-state index contributed by atoms with van der Waals surface area (Å²) in [5.74, 6) is 2.25. The summed E-state index contributed by atoms with van der Waals surface area (Å²) in [5, 5.41) is 0.728. The molecule has 0 saturated carbocycles. The highest BCUT2D eigenvalue weighted by atomic mass is 32.2. The normalized spacial score (nSPS) is 20.2. The molecule has 18 heavy (non-hydrogen) atoms. The molecule has 0 aliphatic carbocycles. The maximum atomic E-state index is 5.17. The zero-order valence-electron chi connectivity index (χ0n) is 11.4. The van der Waals surface area contributed by atoms with E-state index in [4.69, 9.17) is 4.74 Å². The molecule has 2 nitrogen and oxygen atoms in total. The summed E-state index contributed by atoms with van der Waals surface area (Å²) in [6, 6.07) is 8.45. The predicted molar refractivity (Wildman–Crippen MR) is 79.4 cm³/mol. The van der Waals surface area contributed by atoms with Gasteiger partial charge in [-0.1, -0.05) is 12.1 Å². The monoisotopic (exact) mass is 265 g/mol. The second-order valence-electron chi connectivity index (χ2n) is 4.81. The van der Waals surface area contributed by atoms with Crippen LogP contribution in [0.5, 0.6) is 5.75 Å². The minimum atomic E-state index is 0.728. The van der Waals surface area contributed by atoms with Crippen molar-refractivity contribution in [1.29, 1.82) is 0 Å². The van der Waals surface area contributed by atoms with Gasteiger partial charge in [-0.15, -0.1) is 11.8 Å². The zero-order chi connectivity index (χ0) is 12.8. The number of hydrogen-bond donors (Lipinski definition) is 0. The van der Waals surface area contributed by atoms with Gasteiger partial charge in [-0.25, -0.2) is 0 Å². The van der Waals surface area contributed by atoms with Crippen molar-refractivity contribution in [1.82, 2.24) is 4.90 Å². The van der Waals surface area contributed by atoms with E-state index in [0.717, 1.165) is 11.1 Å². The number of rotatable bonds is 6. The molecule has 0 aromatic heterocycles. The number of nitrogens with zero attached hydrogens (tertiary/aromatic N) is 1. The molecule has 0 bridgehead atoms. The molecule has 1 aliphatic rings. The van der Waals surface area contributed by atoms with Crippen LogP contribution in [0.2, 0.25) is 0 Å². The summed E-state index contributed by atoms with van der Waals surface area (Å²) in [4.78, 5) is 2.60. The van der Waals surface area contributed by atoms with Crippen LogP contribution in [0.15, 0.2) is 24.3 Å². The molecule has 1 unspecified atom stereocenters. The van der Waals surface area contributed by atoms with Crippen LogP contribution < -0.4 is 4.74 Å². The summed E-state index contributed by atoms with van der Waals surface area (Å²) < 4.78 is 5.17. The van der Waals surface area contributed by atoms with E-state index in [-0.39, 0.29) is 0 Å². The fraction of sp³-hybridized carbons (Fsp3) is 0.600. The molecule has 1 saturated heterocycles. The van der Waals surface area contributed by atoms with Crippen LogP contribution in [-0.2, 0) is 6.42 Å². The second kappa shape index (κ2) is 7.05. The van der Waals surface area contributed by atoms with Crippen molar-refractivity contribution in [2.24, 2.45) is 0 Å². The van der Waals surface area contributed by atoms with Crippen molar-refractivity contribution < 1.29 is 4.74 Å². The van der Waals surface area contributed by atoms with Gasteiger partial charge in [-0.3, -0.25) is 4.90 Å². The van der Waals surface area contributed by atoms with Gasteiger partial charge in [0.05, 0.1) is 12.5 Å². The Morgan fingerprint density at radius 1 is 1.28 bits per heavy atom. The van der Waals surface area contributed by atoms with E-state index in [1.807, 2.05) is 0 Å². The molecule has 0 radical (unpaired) electrons. The Balaban J connectivity index is 1.65. The van der Waals surface area contributed by atoms with Crippen LogP contribution in [0.25, 0.3) is 0 Å². The molecular weight excluding hydrogens is 242 g/mol. The van der Waals surface area contributed by atoms with Gasteiger partial charge in [-0.2, -0.15) is 0 Å². The molecule has 2 rings (SSSR count). The maximum absolute atomic E-state index is 5.17. The smallest absolute Gasteiger partial charge is 0.118 e. The van der Waals surface area contributed by atoms with Gasteiger partial charge in [0, 0.05) is 12.3 Å². The van der Waals surface area contributed by atoms with E-state index in [2.05, 4.69) is 47.9 Å². The van der Waals surface area contributed by atoms with Gasteiger partial charge in [-0.05, 0) is 50.4 Å². The van der Waals surface area contributed by atoms with E-state index in [1.54, 1.807) is 7.11 Å². The van der Waals surface area contributed by atoms with Crippen molar-refractivity contribution >= 4 is 11.8 Å². The fourth-order valence-electron chi connectivity index (χ4n) is 2.36. The molecule has 1 aliphatic heterocycles. The standard InChI is InChI=1S/C15H23NOS/c1-13-16(11-12-18-13)10-4-3-5-14-6-8-15(17-2)9-7-14/h6-9,13H,3-5,10-12H2,1-2H3. The molecule has 0 N–H and O–H groups in total. The molecule has 1 atom stereocenters. The molecule has 1 fully saturated rings. The van der Waals surface area contributed by atoms with Crippen LogP contribution in [0.3, 0.4) is 0 Å². The van der Waals surface area contributed by atoms with Crippen molar-refractivity contribution in [3.63, 3.8) is 0 Å². The highest BCUT2D eigenvalue weighted by Crippen LogP contribution is 2.23. The molecule has 1 aromatic carbocycles. The van der Waals surface area contributed by atoms with Crippen molar-refractivity contribution in [2.75, 3.05) is 26.0 Å². The van der Waals surface area contributed by atoms with E-state index in [1.165, 1.54) is 43.7 Å². The third-order valence-corrected chi connectivity index (χ3v) is 4.77. The third-order valence-electron chi connectivity index (χ3n) is 3.57. The van der Waals surface area contributed by atoms with E-state index in [9.17, 15) is 0 Å². The lowest BCUT2D eigenvalue weighted by atomic mass is 10.1. The first kappa shape index (κ1) is 13.8. The van der Waals surface area contributed by atoms with E-state index < -0.39 is 0 Å².